The molecular weight excluding hydrogens is 336 g/mol. The highest BCUT2D eigenvalue weighted by Gasteiger charge is 2.29. The molecule has 1 fully saturated rings. The maximum Gasteiger partial charge on any atom is 0.340 e. The van der Waals surface area contributed by atoms with Gasteiger partial charge in [0.2, 0.25) is 5.91 Å². The molecular formula is C16H23ClN2O5. The first kappa shape index (κ1) is 20.1. The molecule has 7 nitrogen and oxygen atoms in total. The van der Waals surface area contributed by atoms with Crippen LogP contribution in [0.1, 0.15) is 17.3 Å². The van der Waals surface area contributed by atoms with E-state index in [0.717, 1.165) is 13.1 Å². The summed E-state index contributed by atoms with van der Waals surface area (Å²) in [4.78, 5) is 24.4. The Morgan fingerprint density at radius 2 is 1.75 bits per heavy atom. The Bertz CT molecular complexity index is 604. The third-order valence-electron chi connectivity index (χ3n) is 4.12. The van der Waals surface area contributed by atoms with Crippen LogP contribution < -0.4 is 20.1 Å². The van der Waals surface area contributed by atoms with E-state index in [4.69, 9.17) is 14.2 Å². The van der Waals surface area contributed by atoms with Crippen molar-refractivity contribution < 1.29 is 23.8 Å². The van der Waals surface area contributed by atoms with Gasteiger partial charge in [0.05, 0.1) is 32.6 Å². The maximum absolute atomic E-state index is 12.4. The third-order valence-corrected chi connectivity index (χ3v) is 4.12. The Hall–Kier alpha value is -1.99. The minimum Gasteiger partial charge on any atom is -0.493 e. The molecule has 0 saturated carbocycles. The summed E-state index contributed by atoms with van der Waals surface area (Å²) in [6, 6.07) is 3.06. The normalized spacial score (nSPS) is 14.7. The second-order valence-corrected chi connectivity index (χ2v) is 5.44. The SMILES string of the molecule is COC(=O)c1cc(OC)c(OC)cc1NC(=O)C(C)C1CNC1.Cl. The van der Waals surface area contributed by atoms with E-state index in [9.17, 15) is 9.59 Å². The topological polar surface area (TPSA) is 85.9 Å². The summed E-state index contributed by atoms with van der Waals surface area (Å²) in [5.41, 5.74) is 0.566. The monoisotopic (exact) mass is 358 g/mol. The van der Waals surface area contributed by atoms with Crippen molar-refractivity contribution in [1.29, 1.82) is 0 Å². The Morgan fingerprint density at radius 1 is 1.17 bits per heavy atom. The highest BCUT2D eigenvalue weighted by atomic mass is 35.5. The zero-order valence-corrected chi connectivity index (χ0v) is 15.0. The van der Waals surface area contributed by atoms with Gasteiger partial charge in [0.25, 0.3) is 0 Å². The van der Waals surface area contributed by atoms with Gasteiger partial charge < -0.3 is 24.8 Å². The molecule has 0 aromatic heterocycles. The molecule has 1 unspecified atom stereocenters. The number of benzene rings is 1. The molecule has 0 radical (unpaired) electrons. The minimum atomic E-state index is -0.556. The average Bonchev–Trinajstić information content (AvgIpc) is 2.51. The van der Waals surface area contributed by atoms with Gasteiger partial charge >= 0.3 is 5.97 Å². The first-order valence-electron chi connectivity index (χ1n) is 7.37. The largest absolute Gasteiger partial charge is 0.493 e. The number of methoxy groups -OCH3 is 3. The van der Waals surface area contributed by atoms with Crippen molar-refractivity contribution >= 4 is 30.0 Å². The Morgan fingerprint density at radius 3 is 2.21 bits per heavy atom. The Balaban J connectivity index is 0.00000288. The molecule has 8 heteroatoms. The smallest absolute Gasteiger partial charge is 0.340 e. The molecule has 134 valence electrons. The van der Waals surface area contributed by atoms with Crippen molar-refractivity contribution in [2.45, 2.75) is 6.92 Å². The van der Waals surface area contributed by atoms with Crippen molar-refractivity contribution in [3.05, 3.63) is 17.7 Å². The number of ether oxygens (including phenoxy) is 3. The molecule has 1 atom stereocenters. The molecule has 0 spiro atoms. The number of hydrogen-bond donors (Lipinski definition) is 2. The van der Waals surface area contributed by atoms with Gasteiger partial charge in [0.1, 0.15) is 0 Å². The number of rotatable bonds is 6. The first-order chi connectivity index (χ1) is 11.0. The number of anilines is 1. The van der Waals surface area contributed by atoms with Crippen LogP contribution in [0.3, 0.4) is 0 Å². The van der Waals surface area contributed by atoms with E-state index in [1.807, 2.05) is 6.92 Å². The second-order valence-electron chi connectivity index (χ2n) is 5.44. The van der Waals surface area contributed by atoms with Crippen LogP contribution in [0.2, 0.25) is 0 Å². The van der Waals surface area contributed by atoms with Crippen LogP contribution in [0.4, 0.5) is 5.69 Å². The van der Waals surface area contributed by atoms with E-state index in [-0.39, 0.29) is 29.8 Å². The molecule has 0 aliphatic carbocycles. The number of esters is 1. The predicted octanol–water partition coefficient (Wildman–Crippen LogP) is 1.71. The van der Waals surface area contributed by atoms with E-state index in [0.29, 0.717) is 23.1 Å². The van der Waals surface area contributed by atoms with Crippen molar-refractivity contribution in [1.82, 2.24) is 5.32 Å². The number of hydrogen-bond acceptors (Lipinski definition) is 6. The van der Waals surface area contributed by atoms with Gasteiger partial charge in [-0.3, -0.25) is 4.79 Å². The van der Waals surface area contributed by atoms with Crippen LogP contribution in [-0.4, -0.2) is 46.3 Å². The second kappa shape index (κ2) is 8.75. The number of nitrogens with one attached hydrogen (secondary N) is 2. The first-order valence-corrected chi connectivity index (χ1v) is 7.37. The lowest BCUT2D eigenvalue weighted by Gasteiger charge is -2.31. The lowest BCUT2D eigenvalue weighted by molar-refractivity contribution is -0.121. The van der Waals surface area contributed by atoms with E-state index < -0.39 is 5.97 Å². The lowest BCUT2D eigenvalue weighted by Crippen LogP contribution is -2.48. The van der Waals surface area contributed by atoms with Crippen molar-refractivity contribution in [2.75, 3.05) is 39.7 Å². The molecule has 24 heavy (non-hydrogen) atoms. The minimum absolute atomic E-state index is 0. The van der Waals surface area contributed by atoms with Crippen LogP contribution in [0.15, 0.2) is 12.1 Å². The standard InChI is InChI=1S/C16H22N2O5.ClH/c1-9(10-7-17-8-10)15(19)18-12-6-14(22-3)13(21-2)5-11(12)16(20)23-4;/h5-6,9-10,17H,7-8H2,1-4H3,(H,18,19);1H. The van der Waals surface area contributed by atoms with Gasteiger partial charge in [-0.25, -0.2) is 4.79 Å². The van der Waals surface area contributed by atoms with Gasteiger partial charge in [-0.15, -0.1) is 12.4 Å². The number of halogens is 1. The number of carbonyl (C=O) groups is 2. The molecule has 2 N–H and O–H groups in total. The third kappa shape index (κ3) is 4.10. The van der Waals surface area contributed by atoms with Gasteiger partial charge in [-0.05, 0) is 19.0 Å². The number of carbonyl (C=O) groups excluding carboxylic acids is 2. The lowest BCUT2D eigenvalue weighted by atomic mass is 9.88. The molecule has 1 heterocycles. The van der Waals surface area contributed by atoms with Crippen LogP contribution in [0, 0.1) is 11.8 Å². The molecule has 1 aliphatic rings. The predicted molar refractivity (Wildman–Crippen MR) is 92.3 cm³/mol. The molecule has 1 saturated heterocycles. The molecule has 2 rings (SSSR count). The summed E-state index contributed by atoms with van der Waals surface area (Å²) in [7, 11) is 4.25. The molecule has 1 aromatic rings. The van der Waals surface area contributed by atoms with Crippen LogP contribution >= 0.6 is 12.4 Å². The highest BCUT2D eigenvalue weighted by molar-refractivity contribution is 6.02. The van der Waals surface area contributed by atoms with Gasteiger partial charge in [-0.2, -0.15) is 0 Å². The quantitative estimate of drug-likeness (QED) is 0.753. The summed E-state index contributed by atoms with van der Waals surface area (Å²) in [5, 5.41) is 5.94. The van der Waals surface area contributed by atoms with Gasteiger partial charge in [-0.1, -0.05) is 6.92 Å². The van der Waals surface area contributed by atoms with Gasteiger partial charge in [0, 0.05) is 18.1 Å². The summed E-state index contributed by atoms with van der Waals surface area (Å²) >= 11 is 0. The van der Waals surface area contributed by atoms with E-state index >= 15 is 0 Å². The fourth-order valence-corrected chi connectivity index (χ4v) is 2.39. The molecule has 0 bridgehead atoms. The van der Waals surface area contributed by atoms with E-state index in [1.165, 1.54) is 27.4 Å². The van der Waals surface area contributed by atoms with Crippen LogP contribution in [-0.2, 0) is 9.53 Å². The Kier molecular flexibility index (Phi) is 7.31. The summed E-state index contributed by atoms with van der Waals surface area (Å²) in [5.74, 6) is 0.259. The molecule has 1 amide bonds. The molecule has 1 aromatic carbocycles. The van der Waals surface area contributed by atoms with Crippen molar-refractivity contribution in [3.63, 3.8) is 0 Å². The summed E-state index contributed by atoms with van der Waals surface area (Å²) in [6.45, 7) is 3.52. The van der Waals surface area contributed by atoms with Crippen molar-refractivity contribution in [2.24, 2.45) is 11.8 Å². The van der Waals surface area contributed by atoms with E-state index in [1.54, 1.807) is 6.07 Å². The zero-order chi connectivity index (χ0) is 17.0. The van der Waals surface area contributed by atoms with Crippen molar-refractivity contribution in [3.8, 4) is 11.5 Å². The summed E-state index contributed by atoms with van der Waals surface area (Å²) in [6.07, 6.45) is 0. The number of amides is 1. The summed E-state index contributed by atoms with van der Waals surface area (Å²) < 4.78 is 15.2. The van der Waals surface area contributed by atoms with Crippen LogP contribution in [0.5, 0.6) is 11.5 Å². The fourth-order valence-electron chi connectivity index (χ4n) is 2.39. The molecule has 1 aliphatic heterocycles. The Labute approximate surface area is 147 Å². The van der Waals surface area contributed by atoms with Gasteiger partial charge in [0.15, 0.2) is 11.5 Å². The zero-order valence-electron chi connectivity index (χ0n) is 14.2. The fraction of sp³-hybridized carbons (Fsp3) is 0.500. The van der Waals surface area contributed by atoms with E-state index in [2.05, 4.69) is 10.6 Å². The van der Waals surface area contributed by atoms with Crippen LogP contribution in [0.25, 0.3) is 0 Å². The highest BCUT2D eigenvalue weighted by Crippen LogP contribution is 2.34. The maximum atomic E-state index is 12.4. The average molecular weight is 359 g/mol.